The highest BCUT2D eigenvalue weighted by molar-refractivity contribution is 14.0. The Labute approximate surface area is 141 Å². The van der Waals surface area contributed by atoms with Gasteiger partial charge in [-0.25, -0.2) is 0 Å². The van der Waals surface area contributed by atoms with Gasteiger partial charge in [-0.3, -0.25) is 14.9 Å². The molecule has 1 amide bonds. The Morgan fingerprint density at radius 1 is 1.57 bits per heavy atom. The molecule has 1 saturated heterocycles. The zero-order valence-electron chi connectivity index (χ0n) is 12.2. The molecule has 0 saturated carbocycles. The third kappa shape index (κ3) is 5.52. The van der Waals surface area contributed by atoms with Crippen LogP contribution < -0.4 is 11.1 Å². The van der Waals surface area contributed by atoms with E-state index >= 15 is 0 Å². The molecule has 2 heterocycles. The lowest BCUT2D eigenvalue weighted by Gasteiger charge is -2.31. The largest absolute Gasteiger partial charge is 0.370 e. The first-order chi connectivity index (χ1) is 9.66. The molecule has 21 heavy (non-hydrogen) atoms. The average molecular weight is 406 g/mol. The third-order valence-electron chi connectivity index (χ3n) is 3.52. The van der Waals surface area contributed by atoms with Crippen LogP contribution in [0.2, 0.25) is 0 Å². The van der Waals surface area contributed by atoms with Gasteiger partial charge in [-0.2, -0.15) is 5.10 Å². The molecule has 0 radical (unpaired) electrons. The third-order valence-corrected chi connectivity index (χ3v) is 3.52. The molecule has 1 aromatic rings. The van der Waals surface area contributed by atoms with Gasteiger partial charge in [0.25, 0.3) is 5.91 Å². The minimum Gasteiger partial charge on any atom is -0.370 e. The number of amides is 1. The number of hydrogen-bond donors (Lipinski definition) is 3. The Morgan fingerprint density at radius 3 is 2.90 bits per heavy atom. The van der Waals surface area contributed by atoms with Crippen molar-refractivity contribution in [3.63, 3.8) is 0 Å². The van der Waals surface area contributed by atoms with Crippen molar-refractivity contribution in [2.45, 2.75) is 19.8 Å². The molecule has 118 valence electrons. The molecule has 2 rings (SSSR count). The van der Waals surface area contributed by atoms with E-state index in [4.69, 9.17) is 5.73 Å². The second-order valence-corrected chi connectivity index (χ2v) is 5.14. The lowest BCUT2D eigenvalue weighted by molar-refractivity contribution is 0.0950. The Hall–Kier alpha value is -1.32. The van der Waals surface area contributed by atoms with Gasteiger partial charge >= 0.3 is 0 Å². The minimum absolute atomic E-state index is 0. The van der Waals surface area contributed by atoms with Crippen molar-refractivity contribution in [2.24, 2.45) is 16.6 Å². The first-order valence-electron chi connectivity index (χ1n) is 6.99. The summed E-state index contributed by atoms with van der Waals surface area (Å²) in [4.78, 5) is 18.0. The molecule has 0 aliphatic carbocycles. The number of carbonyl (C=O) groups is 1. The number of piperidine rings is 1. The van der Waals surface area contributed by atoms with Gasteiger partial charge in [-0.1, -0.05) is 6.92 Å². The number of likely N-dealkylation sites (tertiary alicyclic amines) is 1. The summed E-state index contributed by atoms with van der Waals surface area (Å²) in [5.41, 5.74) is 6.40. The number of aromatic nitrogens is 2. The van der Waals surface area contributed by atoms with Crippen LogP contribution in [0.15, 0.2) is 17.3 Å². The summed E-state index contributed by atoms with van der Waals surface area (Å²) in [5.74, 6) is 1.17. The molecule has 1 aliphatic rings. The number of halogens is 1. The molecule has 8 heteroatoms. The average Bonchev–Trinajstić information content (AvgIpc) is 2.98. The smallest absolute Gasteiger partial charge is 0.269 e. The summed E-state index contributed by atoms with van der Waals surface area (Å²) >= 11 is 0. The van der Waals surface area contributed by atoms with Crippen molar-refractivity contribution < 1.29 is 4.79 Å². The highest BCUT2D eigenvalue weighted by atomic mass is 127. The second kappa shape index (κ2) is 8.85. The zero-order chi connectivity index (χ0) is 14.4. The molecule has 0 unspecified atom stereocenters. The molecular formula is C13H23IN6O. The Kier molecular flexibility index (Phi) is 7.48. The Bertz CT molecular complexity index is 453. The Morgan fingerprint density at radius 2 is 2.29 bits per heavy atom. The van der Waals surface area contributed by atoms with Gasteiger partial charge in [0, 0.05) is 25.8 Å². The Balaban J connectivity index is 0.00000220. The highest BCUT2D eigenvalue weighted by Gasteiger charge is 2.16. The molecule has 7 nitrogen and oxygen atoms in total. The maximum absolute atomic E-state index is 11.6. The first kappa shape index (κ1) is 17.7. The van der Waals surface area contributed by atoms with Crippen LogP contribution in [0.5, 0.6) is 0 Å². The number of H-pyrrole nitrogens is 1. The van der Waals surface area contributed by atoms with Gasteiger partial charge in [-0.05, 0) is 24.8 Å². The number of aromatic amines is 1. The van der Waals surface area contributed by atoms with Crippen LogP contribution in [0, 0.1) is 5.92 Å². The number of aliphatic imine (C=N–C) groups is 1. The number of rotatable bonds is 4. The van der Waals surface area contributed by atoms with Gasteiger partial charge in [0.1, 0.15) is 5.69 Å². The summed E-state index contributed by atoms with van der Waals surface area (Å²) in [5, 5.41) is 9.10. The lowest BCUT2D eigenvalue weighted by atomic mass is 10.00. The lowest BCUT2D eigenvalue weighted by Crippen LogP contribution is -2.42. The molecule has 0 spiro atoms. The second-order valence-electron chi connectivity index (χ2n) is 5.14. The highest BCUT2D eigenvalue weighted by Crippen LogP contribution is 2.15. The predicted octanol–water partition coefficient (Wildman–Crippen LogP) is 0.804. The van der Waals surface area contributed by atoms with Crippen molar-refractivity contribution in [1.82, 2.24) is 20.4 Å². The number of hydrogen-bond acceptors (Lipinski definition) is 3. The van der Waals surface area contributed by atoms with Crippen molar-refractivity contribution in [3.05, 3.63) is 18.0 Å². The number of guanidine groups is 1. The first-order valence-corrected chi connectivity index (χ1v) is 6.99. The van der Waals surface area contributed by atoms with Gasteiger partial charge < -0.3 is 16.0 Å². The summed E-state index contributed by atoms with van der Waals surface area (Å²) in [6, 6.07) is 1.63. The monoisotopic (exact) mass is 406 g/mol. The van der Waals surface area contributed by atoms with Crippen molar-refractivity contribution in [3.8, 4) is 0 Å². The fraction of sp³-hybridized carbons (Fsp3) is 0.615. The van der Waals surface area contributed by atoms with E-state index in [0.29, 0.717) is 24.7 Å². The maximum Gasteiger partial charge on any atom is 0.269 e. The number of nitrogens with zero attached hydrogens (tertiary/aromatic N) is 3. The standard InChI is InChI=1S/C13H22N6O.HI/c1-10-3-8-19(9-4-10)13(14)16-7-6-15-12(20)11-2-5-17-18-11;/h2,5,10H,3-4,6-9H2,1H3,(H2,14,16)(H,15,20)(H,17,18);1H. The summed E-state index contributed by atoms with van der Waals surface area (Å²) in [7, 11) is 0. The number of carbonyl (C=O) groups excluding carboxylic acids is 1. The SMILES string of the molecule is CC1CCN(C(N)=NCCNC(=O)c2ccn[nH]2)CC1.I. The van der Waals surface area contributed by atoms with Gasteiger partial charge in [0.2, 0.25) is 0 Å². The van der Waals surface area contributed by atoms with Crippen molar-refractivity contribution >= 4 is 35.8 Å². The molecule has 0 atom stereocenters. The van der Waals surface area contributed by atoms with Gasteiger partial charge in [0.05, 0.1) is 6.54 Å². The zero-order valence-corrected chi connectivity index (χ0v) is 14.5. The van der Waals surface area contributed by atoms with Crippen LogP contribution in [0.3, 0.4) is 0 Å². The fourth-order valence-corrected chi connectivity index (χ4v) is 2.16. The van der Waals surface area contributed by atoms with E-state index in [9.17, 15) is 4.79 Å². The predicted molar refractivity (Wildman–Crippen MR) is 92.8 cm³/mol. The van der Waals surface area contributed by atoms with Crippen LogP contribution in [-0.2, 0) is 0 Å². The van der Waals surface area contributed by atoms with E-state index in [0.717, 1.165) is 31.8 Å². The molecule has 1 fully saturated rings. The van der Waals surface area contributed by atoms with Gasteiger partial charge in [0.15, 0.2) is 5.96 Å². The molecule has 0 aromatic carbocycles. The number of nitrogens with one attached hydrogen (secondary N) is 2. The van der Waals surface area contributed by atoms with Crippen LogP contribution in [0.1, 0.15) is 30.3 Å². The quantitative estimate of drug-likeness (QED) is 0.298. The normalized spacial score (nSPS) is 16.4. The number of nitrogens with two attached hydrogens (primary N) is 1. The summed E-state index contributed by atoms with van der Waals surface area (Å²) in [6.45, 7) is 5.14. The molecular weight excluding hydrogens is 383 g/mol. The van der Waals surface area contributed by atoms with Crippen LogP contribution in [0.25, 0.3) is 0 Å². The molecule has 1 aliphatic heterocycles. The van der Waals surface area contributed by atoms with E-state index < -0.39 is 0 Å². The maximum atomic E-state index is 11.6. The van der Waals surface area contributed by atoms with E-state index in [1.807, 2.05) is 0 Å². The van der Waals surface area contributed by atoms with E-state index in [2.05, 4.69) is 32.3 Å². The van der Waals surface area contributed by atoms with E-state index in [1.165, 1.54) is 0 Å². The molecule has 4 N–H and O–H groups in total. The molecule has 1 aromatic heterocycles. The fourth-order valence-electron chi connectivity index (χ4n) is 2.16. The van der Waals surface area contributed by atoms with E-state index in [1.54, 1.807) is 12.3 Å². The summed E-state index contributed by atoms with van der Waals surface area (Å²) in [6.07, 6.45) is 3.86. The minimum atomic E-state index is -0.178. The topological polar surface area (TPSA) is 99.4 Å². The van der Waals surface area contributed by atoms with Crippen molar-refractivity contribution in [1.29, 1.82) is 0 Å². The van der Waals surface area contributed by atoms with Gasteiger partial charge in [-0.15, -0.1) is 24.0 Å². The molecule has 0 bridgehead atoms. The van der Waals surface area contributed by atoms with Crippen LogP contribution >= 0.6 is 24.0 Å². The van der Waals surface area contributed by atoms with E-state index in [-0.39, 0.29) is 29.9 Å². The summed E-state index contributed by atoms with van der Waals surface area (Å²) < 4.78 is 0. The van der Waals surface area contributed by atoms with Crippen LogP contribution in [-0.4, -0.2) is 53.1 Å². The van der Waals surface area contributed by atoms with Crippen LogP contribution in [0.4, 0.5) is 0 Å². The van der Waals surface area contributed by atoms with Crippen molar-refractivity contribution in [2.75, 3.05) is 26.2 Å².